The van der Waals surface area contributed by atoms with Crippen LogP contribution in [0.4, 0.5) is 10.5 Å². The summed E-state index contributed by atoms with van der Waals surface area (Å²) in [5.41, 5.74) is 2.84. The second-order valence-corrected chi connectivity index (χ2v) is 4.41. The summed E-state index contributed by atoms with van der Waals surface area (Å²) in [6, 6.07) is 4.41. The van der Waals surface area contributed by atoms with Gasteiger partial charge in [0.25, 0.3) is 0 Å². The molecule has 0 spiro atoms. The van der Waals surface area contributed by atoms with E-state index in [1.807, 2.05) is 32.0 Å². The number of carbonyl (C=O) groups is 2. The van der Waals surface area contributed by atoms with Crippen molar-refractivity contribution in [2.75, 3.05) is 11.9 Å². The first kappa shape index (κ1) is 14.0. The molecule has 2 amide bonds. The largest absolute Gasteiger partial charge is 0.480 e. The Bertz CT molecular complexity index is 451. The highest BCUT2D eigenvalue weighted by Gasteiger charge is 2.17. The Hall–Kier alpha value is -2.04. The van der Waals surface area contributed by atoms with Gasteiger partial charge in [-0.15, -0.1) is 0 Å². The Morgan fingerprint density at radius 2 is 1.72 bits per heavy atom. The van der Waals surface area contributed by atoms with Gasteiger partial charge in [-0.2, -0.15) is 0 Å². The van der Waals surface area contributed by atoms with Crippen LogP contribution in [0.15, 0.2) is 18.2 Å². The molecule has 0 aliphatic rings. The van der Waals surface area contributed by atoms with Gasteiger partial charge >= 0.3 is 12.0 Å². The summed E-state index contributed by atoms with van der Waals surface area (Å²) in [5.74, 6) is -1.06. The van der Waals surface area contributed by atoms with Gasteiger partial charge in [-0.05, 0) is 44.0 Å². The molecule has 1 aromatic rings. The molecule has 1 rings (SSSR count). The summed E-state index contributed by atoms with van der Waals surface area (Å²) in [5, 5.41) is 11.1. The van der Waals surface area contributed by atoms with Crippen molar-refractivity contribution in [3.05, 3.63) is 29.3 Å². The monoisotopic (exact) mass is 250 g/mol. The van der Waals surface area contributed by atoms with Crippen molar-refractivity contribution < 1.29 is 14.7 Å². The van der Waals surface area contributed by atoms with Crippen molar-refractivity contribution in [1.29, 1.82) is 0 Å². The lowest BCUT2D eigenvalue weighted by atomic mass is 10.1. The number of nitrogens with one attached hydrogen (secondary N) is 1. The number of carbonyl (C=O) groups excluding carboxylic acids is 1. The van der Waals surface area contributed by atoms with Gasteiger partial charge in [0.1, 0.15) is 6.04 Å². The maximum absolute atomic E-state index is 11.8. The van der Waals surface area contributed by atoms with Crippen LogP contribution < -0.4 is 10.2 Å². The van der Waals surface area contributed by atoms with Gasteiger partial charge < -0.3 is 10.4 Å². The minimum Gasteiger partial charge on any atom is -0.480 e. The molecule has 98 valence electrons. The molecule has 0 radical (unpaired) electrons. The molecule has 0 aliphatic carbocycles. The average Bonchev–Trinajstić information content (AvgIpc) is 2.26. The number of nitrogens with zero attached hydrogens (tertiary/aromatic N) is 1. The number of aliphatic carboxylic acids is 1. The van der Waals surface area contributed by atoms with E-state index in [0.717, 1.165) is 16.8 Å². The number of benzene rings is 1. The molecule has 0 fully saturated rings. The lowest BCUT2D eigenvalue weighted by Gasteiger charge is -2.20. The number of carboxylic acid groups (broad SMARTS) is 1. The van der Waals surface area contributed by atoms with Crippen LogP contribution in [0, 0.1) is 13.8 Å². The fraction of sp³-hybridized carbons (Fsp3) is 0.385. The number of carboxylic acids is 1. The number of aryl methyl sites for hydroxylation is 2. The quantitative estimate of drug-likeness (QED) is 0.861. The maximum atomic E-state index is 11.8. The predicted octanol–water partition coefficient (Wildman–Crippen LogP) is 1.92. The molecule has 5 heteroatoms. The van der Waals surface area contributed by atoms with E-state index in [2.05, 4.69) is 5.32 Å². The summed E-state index contributed by atoms with van der Waals surface area (Å²) in [6.45, 7) is 5.32. The molecule has 0 saturated carbocycles. The Labute approximate surface area is 106 Å². The van der Waals surface area contributed by atoms with Crippen LogP contribution in [0.5, 0.6) is 0 Å². The third-order valence-corrected chi connectivity index (χ3v) is 2.61. The number of hydrogen-bond acceptors (Lipinski definition) is 2. The Morgan fingerprint density at radius 3 is 2.17 bits per heavy atom. The standard InChI is InChI=1S/C13H18N2O3/c1-8-5-9(2)7-11(6-8)15(4)13(18)14-10(3)12(16)17/h5-7,10H,1-4H3,(H,14,18)(H,16,17). The number of rotatable bonds is 3. The van der Waals surface area contributed by atoms with Crippen molar-refractivity contribution in [3.8, 4) is 0 Å². The molecule has 1 atom stereocenters. The van der Waals surface area contributed by atoms with E-state index in [1.54, 1.807) is 7.05 Å². The minimum atomic E-state index is -1.06. The Kier molecular flexibility index (Phi) is 4.31. The number of hydrogen-bond donors (Lipinski definition) is 2. The maximum Gasteiger partial charge on any atom is 0.325 e. The van der Waals surface area contributed by atoms with E-state index in [9.17, 15) is 9.59 Å². The molecule has 0 aromatic heterocycles. The van der Waals surface area contributed by atoms with Gasteiger partial charge in [0.15, 0.2) is 0 Å². The fourth-order valence-electron chi connectivity index (χ4n) is 1.61. The van der Waals surface area contributed by atoms with E-state index in [-0.39, 0.29) is 0 Å². The highest BCUT2D eigenvalue weighted by Crippen LogP contribution is 2.17. The molecule has 18 heavy (non-hydrogen) atoms. The highest BCUT2D eigenvalue weighted by molar-refractivity contribution is 5.94. The molecule has 0 bridgehead atoms. The van der Waals surface area contributed by atoms with Gasteiger partial charge in [0, 0.05) is 12.7 Å². The molecule has 2 N–H and O–H groups in total. The SMILES string of the molecule is Cc1cc(C)cc(N(C)C(=O)NC(C)C(=O)O)c1. The van der Waals surface area contributed by atoms with Crippen molar-refractivity contribution in [1.82, 2.24) is 5.32 Å². The van der Waals surface area contributed by atoms with Crippen molar-refractivity contribution in [3.63, 3.8) is 0 Å². The van der Waals surface area contributed by atoms with Crippen LogP contribution in [0.1, 0.15) is 18.1 Å². The molecular formula is C13H18N2O3. The molecule has 1 aromatic carbocycles. The first-order valence-electron chi connectivity index (χ1n) is 5.66. The first-order valence-corrected chi connectivity index (χ1v) is 5.66. The topological polar surface area (TPSA) is 69.6 Å². The van der Waals surface area contributed by atoms with Gasteiger partial charge in [0.2, 0.25) is 0 Å². The van der Waals surface area contributed by atoms with Crippen LogP contribution in [0.2, 0.25) is 0 Å². The van der Waals surface area contributed by atoms with Crippen LogP contribution in [-0.2, 0) is 4.79 Å². The van der Waals surface area contributed by atoms with Gasteiger partial charge in [-0.1, -0.05) is 6.07 Å². The molecule has 0 aliphatic heterocycles. The van der Waals surface area contributed by atoms with Gasteiger partial charge in [-0.25, -0.2) is 4.79 Å². The summed E-state index contributed by atoms with van der Waals surface area (Å²) >= 11 is 0. The zero-order chi connectivity index (χ0) is 13.9. The summed E-state index contributed by atoms with van der Waals surface area (Å²) in [7, 11) is 1.61. The Morgan fingerprint density at radius 1 is 1.22 bits per heavy atom. The molecule has 1 unspecified atom stereocenters. The van der Waals surface area contributed by atoms with Crippen molar-refractivity contribution >= 4 is 17.7 Å². The minimum absolute atomic E-state index is 0.435. The molecule has 0 heterocycles. The van der Waals surface area contributed by atoms with E-state index < -0.39 is 18.0 Å². The smallest absolute Gasteiger partial charge is 0.325 e. The molecule has 0 saturated heterocycles. The van der Waals surface area contributed by atoms with Crippen LogP contribution in [0.25, 0.3) is 0 Å². The third-order valence-electron chi connectivity index (χ3n) is 2.61. The van der Waals surface area contributed by atoms with Crippen molar-refractivity contribution in [2.45, 2.75) is 26.8 Å². The Balaban J connectivity index is 2.83. The molecule has 5 nitrogen and oxygen atoms in total. The summed E-state index contributed by atoms with van der Waals surface area (Å²) in [6.07, 6.45) is 0. The second-order valence-electron chi connectivity index (χ2n) is 4.41. The van der Waals surface area contributed by atoms with E-state index in [0.29, 0.717) is 0 Å². The summed E-state index contributed by atoms with van der Waals surface area (Å²) in [4.78, 5) is 23.9. The number of urea groups is 1. The third kappa shape index (κ3) is 3.48. The van der Waals surface area contributed by atoms with Crippen LogP contribution >= 0.6 is 0 Å². The zero-order valence-electron chi connectivity index (χ0n) is 11.0. The number of anilines is 1. The molecular weight excluding hydrogens is 232 g/mol. The average molecular weight is 250 g/mol. The first-order chi connectivity index (χ1) is 8.31. The zero-order valence-corrected chi connectivity index (χ0v) is 11.0. The lowest BCUT2D eigenvalue weighted by Crippen LogP contribution is -2.45. The van der Waals surface area contributed by atoms with Gasteiger partial charge in [-0.3, -0.25) is 9.69 Å². The summed E-state index contributed by atoms with van der Waals surface area (Å²) < 4.78 is 0. The van der Waals surface area contributed by atoms with E-state index in [4.69, 9.17) is 5.11 Å². The predicted molar refractivity (Wildman–Crippen MR) is 69.9 cm³/mol. The second kappa shape index (κ2) is 5.53. The highest BCUT2D eigenvalue weighted by atomic mass is 16.4. The van der Waals surface area contributed by atoms with Crippen molar-refractivity contribution in [2.24, 2.45) is 0 Å². The van der Waals surface area contributed by atoms with Gasteiger partial charge in [0.05, 0.1) is 0 Å². The fourth-order valence-corrected chi connectivity index (χ4v) is 1.61. The normalized spacial score (nSPS) is 11.8. The van der Waals surface area contributed by atoms with E-state index >= 15 is 0 Å². The van der Waals surface area contributed by atoms with Crippen LogP contribution in [-0.4, -0.2) is 30.2 Å². The van der Waals surface area contributed by atoms with E-state index in [1.165, 1.54) is 11.8 Å². The number of amides is 2. The lowest BCUT2D eigenvalue weighted by molar-refractivity contribution is -0.138. The van der Waals surface area contributed by atoms with Crippen LogP contribution in [0.3, 0.4) is 0 Å².